The third-order valence-electron chi connectivity index (χ3n) is 2.10. The maximum absolute atomic E-state index is 5.22. The van der Waals surface area contributed by atoms with Gasteiger partial charge in [0.25, 0.3) is 0 Å². The Morgan fingerprint density at radius 2 is 1.43 bits per heavy atom. The van der Waals surface area contributed by atoms with Gasteiger partial charge >= 0.3 is 0 Å². The number of rotatable bonds is 2. The number of para-hydroxylation sites is 1. The molecule has 0 spiro atoms. The summed E-state index contributed by atoms with van der Waals surface area (Å²) >= 11 is 0. The van der Waals surface area contributed by atoms with Gasteiger partial charge in [0.1, 0.15) is 5.75 Å². The van der Waals surface area contributed by atoms with Gasteiger partial charge in [-0.25, -0.2) is 0 Å². The standard InChI is InChI=1S/C12H11OP/c14-13-12-9-5-4-8-11(12)10-6-2-1-3-7-10/h1-9H,14H2. The Morgan fingerprint density at radius 3 is 2.14 bits per heavy atom. The molecule has 0 aliphatic rings. The van der Waals surface area contributed by atoms with E-state index in [4.69, 9.17) is 4.52 Å². The van der Waals surface area contributed by atoms with E-state index in [0.717, 1.165) is 11.3 Å². The van der Waals surface area contributed by atoms with E-state index in [1.807, 2.05) is 36.4 Å². The van der Waals surface area contributed by atoms with Gasteiger partial charge < -0.3 is 4.52 Å². The van der Waals surface area contributed by atoms with Crippen molar-refractivity contribution >= 4 is 9.47 Å². The first-order valence-corrected chi connectivity index (χ1v) is 4.90. The molecular formula is C12H11OP. The van der Waals surface area contributed by atoms with Crippen molar-refractivity contribution in [3.63, 3.8) is 0 Å². The molecule has 0 amide bonds. The predicted octanol–water partition coefficient (Wildman–Crippen LogP) is 3.52. The topological polar surface area (TPSA) is 9.23 Å². The summed E-state index contributed by atoms with van der Waals surface area (Å²) in [6.07, 6.45) is 0. The predicted molar refractivity (Wildman–Crippen MR) is 62.2 cm³/mol. The van der Waals surface area contributed by atoms with Crippen LogP contribution in [0.1, 0.15) is 0 Å². The van der Waals surface area contributed by atoms with Gasteiger partial charge in [-0.15, -0.1) is 0 Å². The lowest BCUT2D eigenvalue weighted by Crippen LogP contribution is -1.81. The quantitative estimate of drug-likeness (QED) is 0.677. The van der Waals surface area contributed by atoms with Crippen molar-refractivity contribution in [2.45, 2.75) is 0 Å². The van der Waals surface area contributed by atoms with Gasteiger partial charge in [-0.3, -0.25) is 0 Å². The van der Waals surface area contributed by atoms with Gasteiger partial charge in [-0.1, -0.05) is 48.5 Å². The largest absolute Gasteiger partial charge is 0.480 e. The zero-order valence-electron chi connectivity index (χ0n) is 7.68. The smallest absolute Gasteiger partial charge is 0.130 e. The maximum atomic E-state index is 5.22. The minimum Gasteiger partial charge on any atom is -0.480 e. The molecule has 0 N–H and O–H groups in total. The van der Waals surface area contributed by atoms with Crippen LogP contribution in [0.2, 0.25) is 0 Å². The second-order valence-electron chi connectivity index (χ2n) is 2.98. The van der Waals surface area contributed by atoms with E-state index < -0.39 is 0 Å². The molecule has 0 radical (unpaired) electrons. The van der Waals surface area contributed by atoms with Crippen LogP contribution in [0, 0.1) is 0 Å². The SMILES string of the molecule is POc1ccccc1-c1ccccc1. The normalized spacial score (nSPS) is 9.79. The highest BCUT2D eigenvalue weighted by Crippen LogP contribution is 2.30. The average Bonchev–Trinajstić information content (AvgIpc) is 2.30. The van der Waals surface area contributed by atoms with E-state index in [1.165, 1.54) is 5.56 Å². The summed E-state index contributed by atoms with van der Waals surface area (Å²) in [5, 5.41) is 0. The summed E-state index contributed by atoms with van der Waals surface area (Å²) in [5.74, 6) is 0.878. The molecule has 1 atom stereocenters. The fraction of sp³-hybridized carbons (Fsp3) is 0. The van der Waals surface area contributed by atoms with E-state index in [-0.39, 0.29) is 0 Å². The van der Waals surface area contributed by atoms with Crippen LogP contribution in [-0.2, 0) is 0 Å². The van der Waals surface area contributed by atoms with Crippen molar-refractivity contribution in [1.82, 2.24) is 0 Å². The molecule has 2 rings (SSSR count). The lowest BCUT2D eigenvalue weighted by Gasteiger charge is -2.07. The second kappa shape index (κ2) is 4.26. The Kier molecular flexibility index (Phi) is 2.81. The summed E-state index contributed by atoms with van der Waals surface area (Å²) in [7, 11) is 2.28. The Hall–Kier alpha value is -1.33. The van der Waals surface area contributed by atoms with Gasteiger partial charge in [0, 0.05) is 5.56 Å². The van der Waals surface area contributed by atoms with Crippen LogP contribution >= 0.6 is 9.47 Å². The minimum absolute atomic E-state index is 0.878. The highest BCUT2D eigenvalue weighted by atomic mass is 31.0. The van der Waals surface area contributed by atoms with Crippen LogP contribution in [0.15, 0.2) is 54.6 Å². The molecule has 0 fully saturated rings. The highest BCUT2D eigenvalue weighted by Gasteiger charge is 2.02. The number of hydrogen-bond donors (Lipinski definition) is 0. The van der Waals surface area contributed by atoms with Gasteiger partial charge in [-0.2, -0.15) is 0 Å². The molecular weight excluding hydrogens is 191 g/mol. The molecule has 0 heterocycles. The third-order valence-corrected chi connectivity index (χ3v) is 2.35. The Morgan fingerprint density at radius 1 is 0.786 bits per heavy atom. The van der Waals surface area contributed by atoms with Crippen LogP contribution in [0.5, 0.6) is 5.75 Å². The lowest BCUT2D eigenvalue weighted by molar-refractivity contribution is 0.648. The van der Waals surface area contributed by atoms with Gasteiger partial charge in [0.05, 0.1) is 9.47 Å². The Balaban J connectivity index is 2.51. The summed E-state index contributed by atoms with van der Waals surface area (Å²) in [4.78, 5) is 0. The summed E-state index contributed by atoms with van der Waals surface area (Å²) in [5.41, 5.74) is 2.29. The minimum atomic E-state index is 0.878. The molecule has 1 nitrogen and oxygen atoms in total. The zero-order valence-corrected chi connectivity index (χ0v) is 8.84. The van der Waals surface area contributed by atoms with Crippen molar-refractivity contribution < 1.29 is 4.52 Å². The van der Waals surface area contributed by atoms with Crippen molar-refractivity contribution in [3.05, 3.63) is 54.6 Å². The van der Waals surface area contributed by atoms with Crippen molar-refractivity contribution in [2.24, 2.45) is 0 Å². The molecule has 0 bridgehead atoms. The molecule has 0 saturated carbocycles. The number of benzene rings is 2. The molecule has 14 heavy (non-hydrogen) atoms. The van der Waals surface area contributed by atoms with Crippen molar-refractivity contribution in [2.75, 3.05) is 0 Å². The fourth-order valence-corrected chi connectivity index (χ4v) is 1.63. The van der Waals surface area contributed by atoms with Gasteiger partial charge in [-0.05, 0) is 11.6 Å². The molecule has 0 aliphatic carbocycles. The van der Waals surface area contributed by atoms with E-state index in [1.54, 1.807) is 0 Å². The summed E-state index contributed by atoms with van der Waals surface area (Å²) in [6.45, 7) is 0. The molecule has 0 saturated heterocycles. The molecule has 2 aromatic carbocycles. The van der Waals surface area contributed by atoms with E-state index in [0.29, 0.717) is 0 Å². The van der Waals surface area contributed by atoms with Crippen LogP contribution in [0.4, 0.5) is 0 Å². The van der Waals surface area contributed by atoms with Crippen molar-refractivity contribution in [1.29, 1.82) is 0 Å². The maximum Gasteiger partial charge on any atom is 0.130 e. The summed E-state index contributed by atoms with van der Waals surface area (Å²) < 4.78 is 5.22. The first kappa shape index (κ1) is 9.23. The Labute approximate surface area is 86.0 Å². The van der Waals surface area contributed by atoms with E-state index >= 15 is 0 Å². The monoisotopic (exact) mass is 202 g/mol. The second-order valence-corrected chi connectivity index (χ2v) is 3.22. The molecule has 2 heteroatoms. The number of hydrogen-bond acceptors (Lipinski definition) is 1. The molecule has 0 aliphatic heterocycles. The van der Waals surface area contributed by atoms with Crippen molar-refractivity contribution in [3.8, 4) is 16.9 Å². The highest BCUT2D eigenvalue weighted by molar-refractivity contribution is 7.10. The fourth-order valence-electron chi connectivity index (χ4n) is 1.43. The van der Waals surface area contributed by atoms with Crippen LogP contribution < -0.4 is 4.52 Å². The van der Waals surface area contributed by atoms with Crippen LogP contribution in [-0.4, -0.2) is 0 Å². The van der Waals surface area contributed by atoms with E-state index in [2.05, 4.69) is 27.7 Å². The lowest BCUT2D eigenvalue weighted by atomic mass is 10.1. The first-order valence-electron chi connectivity index (χ1n) is 4.43. The first-order chi connectivity index (χ1) is 6.92. The van der Waals surface area contributed by atoms with Crippen LogP contribution in [0.25, 0.3) is 11.1 Å². The summed E-state index contributed by atoms with van der Waals surface area (Å²) in [6, 6.07) is 18.2. The van der Waals surface area contributed by atoms with Gasteiger partial charge in [0.15, 0.2) is 0 Å². The molecule has 0 aromatic heterocycles. The molecule has 70 valence electrons. The van der Waals surface area contributed by atoms with E-state index in [9.17, 15) is 0 Å². The zero-order chi connectivity index (χ0) is 9.80. The molecule has 2 aromatic rings. The average molecular weight is 202 g/mol. The third kappa shape index (κ3) is 1.78. The van der Waals surface area contributed by atoms with Crippen LogP contribution in [0.3, 0.4) is 0 Å². The molecule has 1 unspecified atom stereocenters. The van der Waals surface area contributed by atoms with Gasteiger partial charge in [0.2, 0.25) is 0 Å². The Bertz CT molecular complexity index is 412.